The molecule has 0 spiro atoms. The summed E-state index contributed by atoms with van der Waals surface area (Å²) in [7, 11) is 0. The summed E-state index contributed by atoms with van der Waals surface area (Å²) in [6, 6.07) is 23.2. The van der Waals surface area contributed by atoms with E-state index in [0.29, 0.717) is 40.8 Å². The van der Waals surface area contributed by atoms with E-state index < -0.39 is 5.97 Å². The van der Waals surface area contributed by atoms with Crippen molar-refractivity contribution in [2.45, 2.75) is 12.8 Å². The van der Waals surface area contributed by atoms with Crippen LogP contribution < -0.4 is 0 Å². The van der Waals surface area contributed by atoms with Crippen molar-refractivity contribution in [2.24, 2.45) is 0 Å². The predicted octanol–water partition coefficient (Wildman–Crippen LogP) is 5.33. The Labute approximate surface area is 211 Å². The maximum atomic E-state index is 12.9. The zero-order valence-corrected chi connectivity index (χ0v) is 19.6. The van der Waals surface area contributed by atoms with Gasteiger partial charge in [-0.3, -0.25) is 0 Å². The fourth-order valence-electron chi connectivity index (χ4n) is 3.05. The number of carbonyl (C=O) groups is 1. The molecule has 3 aromatic carbocycles. The highest BCUT2D eigenvalue weighted by molar-refractivity contribution is 5.93. The number of rotatable bonds is 7. The Hall–Kier alpha value is -5.23. The Bertz CT molecular complexity index is 1430. The Morgan fingerprint density at radius 3 is 1.81 bits per heavy atom. The van der Waals surface area contributed by atoms with Crippen LogP contribution in [0.25, 0.3) is 0 Å². The first kappa shape index (κ1) is 25.4. The molecule has 0 fully saturated rings. The maximum Gasteiger partial charge on any atom is 0.339 e. The van der Waals surface area contributed by atoms with Crippen LogP contribution in [0.3, 0.4) is 0 Å². The molecule has 0 aliphatic carbocycles. The minimum absolute atomic E-state index is 0.253. The molecule has 3 rings (SSSR count). The highest BCUT2D eigenvalue weighted by Gasteiger charge is 2.13. The molecule has 0 N–H and O–H groups in total. The van der Waals surface area contributed by atoms with Crippen LogP contribution >= 0.6 is 0 Å². The van der Waals surface area contributed by atoms with Gasteiger partial charge in [0.25, 0.3) is 0 Å². The summed E-state index contributed by atoms with van der Waals surface area (Å²) < 4.78 is 10.6. The van der Waals surface area contributed by atoms with Crippen LogP contribution in [0.2, 0.25) is 0 Å². The van der Waals surface area contributed by atoms with Crippen LogP contribution in [0.1, 0.15) is 56.6 Å². The molecule has 0 unspecified atom stereocenters. The predicted molar refractivity (Wildman–Crippen MR) is 136 cm³/mol. The van der Waals surface area contributed by atoms with Gasteiger partial charge in [0.1, 0.15) is 0 Å². The van der Waals surface area contributed by atoms with Crippen molar-refractivity contribution in [3.63, 3.8) is 0 Å². The number of benzene rings is 3. The smallest absolute Gasteiger partial charge is 0.339 e. The molecule has 0 saturated heterocycles. The lowest BCUT2D eigenvalue weighted by molar-refractivity contribution is 0.0491. The molecule has 0 radical (unpaired) electrons. The molecule has 0 saturated carbocycles. The van der Waals surface area contributed by atoms with E-state index in [-0.39, 0.29) is 6.61 Å². The number of nitriles is 2. The third kappa shape index (κ3) is 7.67. The van der Waals surface area contributed by atoms with Crippen molar-refractivity contribution in [3.8, 4) is 35.8 Å². The van der Waals surface area contributed by atoms with Crippen LogP contribution in [0.15, 0.2) is 79.6 Å². The summed E-state index contributed by atoms with van der Waals surface area (Å²) in [6.45, 7) is 4.27. The fourth-order valence-corrected chi connectivity index (χ4v) is 3.05. The van der Waals surface area contributed by atoms with Gasteiger partial charge in [0.2, 0.25) is 0 Å². The first-order chi connectivity index (χ1) is 17.6. The largest absolute Gasteiger partial charge is 0.502 e. The Morgan fingerprint density at radius 1 is 0.722 bits per heavy atom. The zero-order valence-electron chi connectivity index (χ0n) is 19.6. The van der Waals surface area contributed by atoms with E-state index in [1.807, 2.05) is 0 Å². The molecule has 5 nitrogen and oxygen atoms in total. The first-order valence-corrected chi connectivity index (χ1v) is 11.2. The van der Waals surface area contributed by atoms with Crippen molar-refractivity contribution in [1.29, 1.82) is 10.5 Å². The van der Waals surface area contributed by atoms with E-state index in [0.717, 1.165) is 17.5 Å². The van der Waals surface area contributed by atoms with Gasteiger partial charge >= 0.3 is 5.97 Å². The number of hydrogen-bond donors (Lipinski definition) is 0. The van der Waals surface area contributed by atoms with Gasteiger partial charge in [0.15, 0.2) is 0 Å². The highest BCUT2D eigenvalue weighted by Crippen LogP contribution is 2.14. The van der Waals surface area contributed by atoms with Crippen LogP contribution in [0, 0.1) is 46.3 Å². The monoisotopic (exact) mass is 470 g/mol. The Morgan fingerprint density at radius 2 is 1.22 bits per heavy atom. The van der Waals surface area contributed by atoms with Crippen molar-refractivity contribution >= 4 is 5.97 Å². The van der Waals surface area contributed by atoms with Gasteiger partial charge in [-0.05, 0) is 79.6 Å². The second-order valence-electron chi connectivity index (χ2n) is 7.52. The third-order valence-electron chi connectivity index (χ3n) is 4.97. The van der Waals surface area contributed by atoms with Gasteiger partial charge in [0.05, 0.1) is 48.3 Å². The zero-order chi connectivity index (χ0) is 25.6. The van der Waals surface area contributed by atoms with E-state index in [4.69, 9.17) is 20.0 Å². The number of unbranched alkanes of at least 4 members (excludes halogenated alkanes) is 1. The Kier molecular flexibility index (Phi) is 9.50. The summed E-state index contributed by atoms with van der Waals surface area (Å²) in [4.78, 5) is 12.9. The van der Waals surface area contributed by atoms with E-state index in [1.165, 1.54) is 6.26 Å². The number of carbonyl (C=O) groups excluding carboxylic acids is 1. The molecule has 174 valence electrons. The molecular weight excluding hydrogens is 448 g/mol. The van der Waals surface area contributed by atoms with E-state index in [1.54, 1.807) is 66.7 Å². The van der Waals surface area contributed by atoms with Crippen LogP contribution in [-0.4, -0.2) is 19.2 Å². The maximum absolute atomic E-state index is 12.9. The normalized spacial score (nSPS) is 9.28. The van der Waals surface area contributed by atoms with Crippen molar-refractivity contribution in [2.75, 3.05) is 13.2 Å². The summed E-state index contributed by atoms with van der Waals surface area (Å²) >= 11 is 0. The minimum Gasteiger partial charge on any atom is -0.502 e. The van der Waals surface area contributed by atoms with Crippen LogP contribution in [0.5, 0.6) is 0 Å². The van der Waals surface area contributed by atoms with Gasteiger partial charge in [0, 0.05) is 22.3 Å². The molecule has 0 aliphatic heterocycles. The summed E-state index contributed by atoms with van der Waals surface area (Å²) in [6.07, 6.45) is 2.78. The summed E-state index contributed by atoms with van der Waals surface area (Å²) in [5.41, 5.74) is 4.06. The second kappa shape index (κ2) is 13.5. The molecule has 0 bridgehead atoms. The van der Waals surface area contributed by atoms with Crippen LogP contribution in [0.4, 0.5) is 0 Å². The van der Waals surface area contributed by atoms with Gasteiger partial charge in [-0.15, -0.1) is 0 Å². The number of nitrogens with zero attached hydrogens (tertiary/aromatic N) is 2. The highest BCUT2D eigenvalue weighted by atomic mass is 16.5. The van der Waals surface area contributed by atoms with Crippen LogP contribution in [-0.2, 0) is 9.47 Å². The SMILES string of the molecule is C=COCCCCOC(=O)c1cc(C#Cc2ccc(C#N)cc2)ccc1C#Cc1ccc(C#N)cc1. The third-order valence-corrected chi connectivity index (χ3v) is 4.97. The minimum atomic E-state index is -0.481. The second-order valence-corrected chi connectivity index (χ2v) is 7.52. The van der Waals surface area contributed by atoms with E-state index in [2.05, 4.69) is 42.4 Å². The van der Waals surface area contributed by atoms with E-state index >= 15 is 0 Å². The lowest BCUT2D eigenvalue weighted by Gasteiger charge is -2.07. The molecule has 0 amide bonds. The van der Waals surface area contributed by atoms with Gasteiger partial charge in [-0.25, -0.2) is 4.79 Å². The number of ether oxygens (including phenoxy) is 2. The first-order valence-electron chi connectivity index (χ1n) is 11.2. The average molecular weight is 471 g/mol. The quantitative estimate of drug-likeness (QED) is 0.202. The van der Waals surface area contributed by atoms with E-state index in [9.17, 15) is 4.79 Å². The number of esters is 1. The Balaban J connectivity index is 1.84. The van der Waals surface area contributed by atoms with Crippen molar-refractivity contribution in [3.05, 3.63) is 119 Å². The summed E-state index contributed by atoms with van der Waals surface area (Å²) in [5.74, 6) is 11.7. The molecular formula is C31H22N2O3. The molecule has 36 heavy (non-hydrogen) atoms. The van der Waals surface area contributed by atoms with Gasteiger partial charge < -0.3 is 9.47 Å². The van der Waals surface area contributed by atoms with Crippen molar-refractivity contribution in [1.82, 2.24) is 0 Å². The molecule has 5 heteroatoms. The summed E-state index contributed by atoms with van der Waals surface area (Å²) in [5, 5.41) is 17.9. The molecule has 3 aromatic rings. The fraction of sp³-hybridized carbons (Fsp3) is 0.129. The van der Waals surface area contributed by atoms with Crippen molar-refractivity contribution < 1.29 is 14.3 Å². The average Bonchev–Trinajstić information content (AvgIpc) is 2.93. The lowest BCUT2D eigenvalue weighted by atomic mass is 10.0. The molecule has 0 atom stereocenters. The van der Waals surface area contributed by atoms with Gasteiger partial charge in [-0.1, -0.05) is 30.3 Å². The molecule has 0 aromatic heterocycles. The number of hydrogen-bond acceptors (Lipinski definition) is 5. The standard InChI is InChI=1S/C31H22N2O3/c1-2-35-19-3-4-20-36-31(34)30-21-26(10-5-24-6-11-27(22-32)12-7-24)16-18-29(30)17-15-25-8-13-28(23-33)14-9-25/h2,6-9,11-14,16,18,21H,1,3-4,19-20H2. The lowest BCUT2D eigenvalue weighted by Crippen LogP contribution is -2.09. The molecule has 0 heterocycles. The molecule has 0 aliphatic rings. The van der Waals surface area contributed by atoms with Gasteiger partial charge in [-0.2, -0.15) is 10.5 Å². The topological polar surface area (TPSA) is 83.1 Å².